The molecule has 0 spiro atoms. The van der Waals surface area contributed by atoms with E-state index in [9.17, 15) is 0 Å². The largest absolute Gasteiger partial charge is 0.377 e. The Morgan fingerprint density at radius 3 is 2.86 bits per heavy atom. The monoisotopic (exact) mass is 507 g/mol. The molecule has 0 aromatic carbocycles. The predicted molar refractivity (Wildman–Crippen MR) is 124 cm³/mol. The van der Waals surface area contributed by atoms with Crippen LogP contribution in [0.4, 0.5) is 0 Å². The van der Waals surface area contributed by atoms with Gasteiger partial charge in [0.25, 0.3) is 0 Å². The molecule has 1 atom stereocenters. The topological polar surface area (TPSA) is 79.6 Å². The lowest BCUT2D eigenvalue weighted by molar-refractivity contribution is 0.177. The lowest BCUT2D eigenvalue weighted by Crippen LogP contribution is -2.47. The van der Waals surface area contributed by atoms with Crippen LogP contribution in [0, 0.1) is 0 Å². The number of aliphatic imine (C=N–C) groups is 1. The lowest BCUT2D eigenvalue weighted by atomic mass is 10.1. The van der Waals surface area contributed by atoms with Gasteiger partial charge in [-0.15, -0.1) is 24.0 Å². The first-order valence-corrected chi connectivity index (χ1v) is 10.2. The van der Waals surface area contributed by atoms with E-state index in [0.29, 0.717) is 18.7 Å². The van der Waals surface area contributed by atoms with E-state index in [4.69, 9.17) is 9.73 Å². The van der Waals surface area contributed by atoms with Gasteiger partial charge in [-0.1, -0.05) is 0 Å². The molecule has 1 aliphatic heterocycles. The maximum absolute atomic E-state index is 5.13. The molecule has 0 saturated heterocycles. The van der Waals surface area contributed by atoms with Crippen LogP contribution in [-0.2, 0) is 24.3 Å². The molecule has 0 amide bonds. The summed E-state index contributed by atoms with van der Waals surface area (Å²) in [4.78, 5) is 11.7. The third-order valence-electron chi connectivity index (χ3n) is 4.93. The van der Waals surface area contributed by atoms with Crippen molar-refractivity contribution in [2.45, 2.75) is 71.7 Å². The molecule has 1 aromatic rings. The molecule has 0 fully saturated rings. The summed E-state index contributed by atoms with van der Waals surface area (Å²) in [7, 11) is 3.85. The number of nitrogens with zero attached hydrogens (tertiary/aromatic N) is 5. The van der Waals surface area contributed by atoms with Gasteiger partial charge in [-0.25, -0.2) is 9.67 Å². The Kier molecular flexibility index (Phi) is 11.9. The second-order valence-corrected chi connectivity index (χ2v) is 7.48. The summed E-state index contributed by atoms with van der Waals surface area (Å²) in [5, 5.41) is 11.5. The van der Waals surface area contributed by atoms with Gasteiger partial charge in [0.1, 0.15) is 12.4 Å². The van der Waals surface area contributed by atoms with E-state index in [-0.39, 0.29) is 24.0 Å². The van der Waals surface area contributed by atoms with Crippen molar-refractivity contribution >= 4 is 29.9 Å². The zero-order chi connectivity index (χ0) is 19.6. The summed E-state index contributed by atoms with van der Waals surface area (Å²) >= 11 is 0. The van der Waals surface area contributed by atoms with Gasteiger partial charge in [0.15, 0.2) is 11.8 Å². The molecule has 28 heavy (non-hydrogen) atoms. The van der Waals surface area contributed by atoms with Crippen molar-refractivity contribution in [3.8, 4) is 0 Å². The van der Waals surface area contributed by atoms with Crippen LogP contribution in [0.15, 0.2) is 4.99 Å². The normalized spacial score (nSPS) is 16.8. The SMILES string of the molecule is CCNC(=NCCCCN(C)C(C)C)NC1CCc2nc(COC)nn2C1.I. The fourth-order valence-corrected chi connectivity index (χ4v) is 3.10. The van der Waals surface area contributed by atoms with Gasteiger partial charge in [0.05, 0.1) is 6.54 Å². The third-order valence-corrected chi connectivity index (χ3v) is 4.93. The summed E-state index contributed by atoms with van der Waals surface area (Å²) < 4.78 is 7.14. The van der Waals surface area contributed by atoms with E-state index < -0.39 is 0 Å². The molecule has 1 aliphatic rings. The summed E-state index contributed by atoms with van der Waals surface area (Å²) in [5.41, 5.74) is 0. The Bertz CT molecular complexity index is 591. The first-order chi connectivity index (χ1) is 13.0. The minimum atomic E-state index is 0. The average Bonchev–Trinajstić information content (AvgIpc) is 3.03. The maximum atomic E-state index is 5.13. The van der Waals surface area contributed by atoms with Crippen LogP contribution in [0.3, 0.4) is 0 Å². The van der Waals surface area contributed by atoms with Gasteiger partial charge < -0.3 is 20.3 Å². The molecule has 9 heteroatoms. The van der Waals surface area contributed by atoms with Crippen molar-refractivity contribution in [2.75, 3.05) is 33.8 Å². The number of hydrogen-bond donors (Lipinski definition) is 2. The van der Waals surface area contributed by atoms with Crippen LogP contribution in [0.2, 0.25) is 0 Å². The molecular weight excluding hydrogens is 469 g/mol. The highest BCUT2D eigenvalue weighted by molar-refractivity contribution is 14.0. The fourth-order valence-electron chi connectivity index (χ4n) is 3.10. The zero-order valence-corrected chi connectivity index (χ0v) is 20.4. The predicted octanol–water partition coefficient (Wildman–Crippen LogP) is 2.03. The summed E-state index contributed by atoms with van der Waals surface area (Å²) in [6.45, 7) is 10.7. The molecule has 8 nitrogen and oxygen atoms in total. The van der Waals surface area contributed by atoms with Crippen molar-refractivity contribution < 1.29 is 4.74 Å². The molecule has 162 valence electrons. The lowest BCUT2D eigenvalue weighted by Gasteiger charge is -2.25. The summed E-state index contributed by atoms with van der Waals surface area (Å²) in [6, 6.07) is 0.921. The number of ether oxygens (including phenoxy) is 1. The number of hydrogen-bond acceptors (Lipinski definition) is 5. The smallest absolute Gasteiger partial charge is 0.191 e. The van der Waals surface area contributed by atoms with Gasteiger partial charge >= 0.3 is 0 Å². The number of guanidine groups is 1. The van der Waals surface area contributed by atoms with Crippen LogP contribution in [0.25, 0.3) is 0 Å². The molecule has 0 aliphatic carbocycles. The molecule has 0 bridgehead atoms. The first kappa shape index (κ1) is 25.1. The highest BCUT2D eigenvalue weighted by atomic mass is 127. The van der Waals surface area contributed by atoms with Gasteiger partial charge in [-0.05, 0) is 53.6 Å². The molecule has 1 aromatic heterocycles. The van der Waals surface area contributed by atoms with Crippen molar-refractivity contribution in [1.29, 1.82) is 0 Å². The van der Waals surface area contributed by atoms with Crippen molar-refractivity contribution in [3.05, 3.63) is 11.6 Å². The number of aromatic nitrogens is 3. The number of halogens is 1. The molecule has 0 radical (unpaired) electrons. The van der Waals surface area contributed by atoms with Gasteiger partial charge in [-0.2, -0.15) is 5.10 Å². The Morgan fingerprint density at radius 2 is 2.18 bits per heavy atom. The number of fused-ring (bicyclic) bond motifs is 1. The second kappa shape index (κ2) is 13.3. The van der Waals surface area contributed by atoms with Crippen LogP contribution in [0.1, 0.15) is 51.7 Å². The summed E-state index contributed by atoms with van der Waals surface area (Å²) in [6.07, 6.45) is 4.24. The first-order valence-electron chi connectivity index (χ1n) is 10.2. The van der Waals surface area contributed by atoms with Crippen molar-refractivity contribution in [3.63, 3.8) is 0 Å². The minimum absolute atomic E-state index is 0. The third kappa shape index (κ3) is 8.20. The molecule has 1 unspecified atom stereocenters. The van der Waals surface area contributed by atoms with Gasteiger partial charge in [-0.3, -0.25) is 4.99 Å². The number of nitrogens with one attached hydrogen (secondary N) is 2. The fraction of sp³-hybridized carbons (Fsp3) is 0.842. The van der Waals surface area contributed by atoms with Gasteiger partial charge in [0.2, 0.25) is 0 Å². The van der Waals surface area contributed by atoms with E-state index in [0.717, 1.165) is 63.0 Å². The quantitative estimate of drug-likeness (QED) is 0.219. The maximum Gasteiger partial charge on any atom is 0.191 e. The number of methoxy groups -OCH3 is 1. The Hall–Kier alpha value is -0.940. The Balaban J connectivity index is 0.00000392. The standard InChI is InChI=1S/C19H37N7O.HI/c1-6-20-19(21-11-7-8-12-25(4)15(2)3)22-16-9-10-18-23-17(14-27-5)24-26(18)13-16;/h15-16H,6-14H2,1-5H3,(H2,20,21,22);1H. The zero-order valence-electron chi connectivity index (χ0n) is 18.1. The number of aryl methyl sites for hydroxylation is 1. The number of rotatable bonds is 10. The van der Waals surface area contributed by atoms with E-state index in [2.05, 4.69) is 53.4 Å². The number of unbranched alkanes of at least 4 members (excludes halogenated alkanes) is 1. The van der Waals surface area contributed by atoms with Crippen LogP contribution >= 0.6 is 24.0 Å². The molecular formula is C19H38IN7O. The van der Waals surface area contributed by atoms with E-state index in [1.165, 1.54) is 6.42 Å². The van der Waals surface area contributed by atoms with Crippen LogP contribution in [-0.4, -0.2) is 71.5 Å². The molecule has 0 saturated carbocycles. The van der Waals surface area contributed by atoms with Crippen molar-refractivity contribution in [2.24, 2.45) is 4.99 Å². The molecule has 2 N–H and O–H groups in total. The molecule has 2 heterocycles. The average molecular weight is 507 g/mol. The summed E-state index contributed by atoms with van der Waals surface area (Å²) in [5.74, 6) is 2.72. The van der Waals surface area contributed by atoms with Crippen LogP contribution in [0.5, 0.6) is 0 Å². The Labute approximate surface area is 186 Å². The van der Waals surface area contributed by atoms with Gasteiger partial charge in [0, 0.05) is 38.7 Å². The highest BCUT2D eigenvalue weighted by Crippen LogP contribution is 2.13. The highest BCUT2D eigenvalue weighted by Gasteiger charge is 2.22. The van der Waals surface area contributed by atoms with E-state index >= 15 is 0 Å². The van der Waals surface area contributed by atoms with Crippen LogP contribution < -0.4 is 10.6 Å². The van der Waals surface area contributed by atoms with Crippen molar-refractivity contribution in [1.82, 2.24) is 30.3 Å². The van der Waals surface area contributed by atoms with E-state index in [1.54, 1.807) is 7.11 Å². The van der Waals surface area contributed by atoms with E-state index in [1.807, 2.05) is 4.68 Å². The minimum Gasteiger partial charge on any atom is -0.377 e. The Morgan fingerprint density at radius 1 is 1.39 bits per heavy atom. The second-order valence-electron chi connectivity index (χ2n) is 7.48. The molecule has 2 rings (SSSR count).